The largest absolute Gasteiger partial charge is 0.432 e. The fourth-order valence-electron chi connectivity index (χ4n) is 2.56. The van der Waals surface area contributed by atoms with Gasteiger partial charge in [-0.15, -0.1) is 0 Å². The van der Waals surface area contributed by atoms with Crippen LogP contribution in [-0.2, 0) is 6.18 Å². The Hall–Kier alpha value is -2.65. The van der Waals surface area contributed by atoms with E-state index in [1.165, 1.54) is 0 Å². The number of aromatic nitrogens is 1. The van der Waals surface area contributed by atoms with Crippen LogP contribution in [0.1, 0.15) is 26.6 Å². The Morgan fingerprint density at radius 1 is 1.25 bits per heavy atom. The van der Waals surface area contributed by atoms with Crippen LogP contribution in [0.25, 0.3) is 11.5 Å². The van der Waals surface area contributed by atoms with Crippen LogP contribution in [0.4, 0.5) is 13.2 Å². The lowest BCUT2D eigenvalue weighted by Gasteiger charge is -2.14. The predicted molar refractivity (Wildman–Crippen MR) is 95.3 cm³/mol. The van der Waals surface area contributed by atoms with Crippen molar-refractivity contribution in [2.24, 2.45) is 0 Å². The number of carbonyl (C=O) groups excluding carboxylic acids is 2. The molecule has 1 aliphatic carbocycles. The number of halogens is 4. The SMILES string of the molecule is CN(C)CCNC1=CC(=O)c2oc(-c3cc(C(F)(F)F)ccc3Cl)nc2C1=O. The number of rotatable bonds is 5. The zero-order valence-electron chi connectivity index (χ0n) is 14.9. The number of hydrogen-bond acceptors (Lipinski definition) is 6. The van der Waals surface area contributed by atoms with Crippen molar-refractivity contribution in [2.45, 2.75) is 6.18 Å². The molecule has 1 N–H and O–H groups in total. The van der Waals surface area contributed by atoms with Gasteiger partial charge >= 0.3 is 6.18 Å². The van der Waals surface area contributed by atoms with E-state index in [2.05, 4.69) is 10.3 Å². The summed E-state index contributed by atoms with van der Waals surface area (Å²) in [5, 5.41) is 2.80. The first-order valence-corrected chi connectivity index (χ1v) is 8.53. The van der Waals surface area contributed by atoms with Crippen molar-refractivity contribution in [3.63, 3.8) is 0 Å². The molecule has 0 spiro atoms. The first kappa shape index (κ1) is 20.1. The van der Waals surface area contributed by atoms with E-state index < -0.39 is 23.3 Å². The molecule has 0 saturated carbocycles. The fraction of sp³-hybridized carbons (Fsp3) is 0.278. The van der Waals surface area contributed by atoms with Gasteiger partial charge in [-0.05, 0) is 32.3 Å². The first-order valence-electron chi connectivity index (χ1n) is 8.15. The van der Waals surface area contributed by atoms with E-state index in [0.29, 0.717) is 13.1 Å². The molecule has 0 aliphatic heterocycles. The third-order valence-corrected chi connectivity index (χ3v) is 4.31. The van der Waals surface area contributed by atoms with Crippen molar-refractivity contribution in [3.8, 4) is 11.5 Å². The molecule has 1 heterocycles. The van der Waals surface area contributed by atoms with Crippen molar-refractivity contribution in [1.29, 1.82) is 0 Å². The molecule has 1 aliphatic rings. The van der Waals surface area contributed by atoms with Gasteiger partial charge in [-0.25, -0.2) is 4.98 Å². The van der Waals surface area contributed by atoms with Gasteiger partial charge in [0.2, 0.25) is 23.2 Å². The number of nitrogens with zero attached hydrogens (tertiary/aromatic N) is 2. The number of fused-ring (bicyclic) bond motifs is 1. The van der Waals surface area contributed by atoms with Gasteiger partial charge in [-0.1, -0.05) is 11.6 Å². The molecule has 0 radical (unpaired) electrons. The standard InChI is InChI=1S/C18H15ClF3N3O3/c1-25(2)6-5-23-12-8-13(26)16-14(15(12)27)24-17(28-16)10-7-9(18(20,21)22)3-4-11(10)19/h3-4,7-8,23H,5-6H2,1-2H3. The Kier molecular flexibility index (Phi) is 5.31. The van der Waals surface area contributed by atoms with Crippen LogP contribution in [0.5, 0.6) is 0 Å². The van der Waals surface area contributed by atoms with Crippen LogP contribution in [-0.4, -0.2) is 48.6 Å². The number of alkyl halides is 3. The molecule has 2 aromatic rings. The third-order valence-electron chi connectivity index (χ3n) is 3.98. The van der Waals surface area contributed by atoms with Crippen molar-refractivity contribution < 1.29 is 27.2 Å². The molecular weight excluding hydrogens is 399 g/mol. The summed E-state index contributed by atoms with van der Waals surface area (Å²) in [6, 6.07) is 2.64. The van der Waals surface area contributed by atoms with Crippen LogP contribution >= 0.6 is 11.6 Å². The average molecular weight is 414 g/mol. The van der Waals surface area contributed by atoms with Gasteiger partial charge in [0, 0.05) is 19.2 Å². The van der Waals surface area contributed by atoms with E-state index in [1.54, 1.807) is 0 Å². The lowest BCUT2D eigenvalue weighted by Crippen LogP contribution is -2.31. The number of allylic oxidation sites excluding steroid dienone is 2. The van der Waals surface area contributed by atoms with Gasteiger partial charge in [-0.2, -0.15) is 13.2 Å². The fourth-order valence-corrected chi connectivity index (χ4v) is 2.76. The molecule has 0 saturated heterocycles. The zero-order chi connectivity index (χ0) is 20.6. The number of carbonyl (C=O) groups is 2. The molecule has 0 amide bonds. The molecule has 28 heavy (non-hydrogen) atoms. The highest BCUT2D eigenvalue weighted by Crippen LogP contribution is 2.36. The van der Waals surface area contributed by atoms with Crippen molar-refractivity contribution in [1.82, 2.24) is 15.2 Å². The maximum absolute atomic E-state index is 13.0. The molecule has 148 valence electrons. The van der Waals surface area contributed by atoms with E-state index in [1.807, 2.05) is 19.0 Å². The molecule has 0 bridgehead atoms. The molecule has 6 nitrogen and oxygen atoms in total. The van der Waals surface area contributed by atoms with Gasteiger partial charge in [-0.3, -0.25) is 9.59 Å². The number of likely N-dealkylation sites (N-methyl/N-ethyl adjacent to an activating group) is 1. The van der Waals surface area contributed by atoms with Gasteiger partial charge in [0.15, 0.2) is 5.69 Å². The monoisotopic (exact) mass is 413 g/mol. The summed E-state index contributed by atoms with van der Waals surface area (Å²) in [5.74, 6) is -1.84. The second kappa shape index (κ2) is 7.40. The summed E-state index contributed by atoms with van der Waals surface area (Å²) in [6.45, 7) is 1.03. The molecule has 3 rings (SSSR count). The Balaban J connectivity index is 1.94. The number of nitrogens with one attached hydrogen (secondary N) is 1. The van der Waals surface area contributed by atoms with Crippen molar-refractivity contribution in [3.05, 3.63) is 52.0 Å². The number of ketones is 2. The second-order valence-corrected chi connectivity index (χ2v) is 6.78. The van der Waals surface area contributed by atoms with E-state index in [9.17, 15) is 22.8 Å². The van der Waals surface area contributed by atoms with Crippen LogP contribution in [0.2, 0.25) is 5.02 Å². The smallest absolute Gasteiger partial charge is 0.416 e. The molecule has 1 aromatic heterocycles. The molecule has 0 unspecified atom stereocenters. The minimum absolute atomic E-state index is 0.0503. The zero-order valence-corrected chi connectivity index (χ0v) is 15.6. The molecule has 0 atom stereocenters. The summed E-state index contributed by atoms with van der Waals surface area (Å²) >= 11 is 5.98. The Bertz CT molecular complexity index is 980. The van der Waals surface area contributed by atoms with E-state index >= 15 is 0 Å². The predicted octanol–water partition coefficient (Wildman–Crippen LogP) is 3.43. The lowest BCUT2D eigenvalue weighted by atomic mass is 10.0. The van der Waals surface area contributed by atoms with E-state index in [-0.39, 0.29) is 33.6 Å². The molecule has 0 fully saturated rings. The van der Waals surface area contributed by atoms with Gasteiger partial charge in [0.05, 0.1) is 21.8 Å². The lowest BCUT2D eigenvalue weighted by molar-refractivity contribution is -0.137. The maximum atomic E-state index is 13.0. The van der Waals surface area contributed by atoms with Gasteiger partial charge < -0.3 is 14.6 Å². The average Bonchev–Trinajstić information content (AvgIpc) is 3.04. The Morgan fingerprint density at radius 2 is 1.96 bits per heavy atom. The van der Waals surface area contributed by atoms with Crippen LogP contribution in [0.3, 0.4) is 0 Å². The highest BCUT2D eigenvalue weighted by molar-refractivity contribution is 6.33. The number of oxazole rings is 1. The topological polar surface area (TPSA) is 75.4 Å². The summed E-state index contributed by atoms with van der Waals surface area (Å²) in [7, 11) is 3.70. The van der Waals surface area contributed by atoms with Crippen LogP contribution in [0, 0.1) is 0 Å². The first-order chi connectivity index (χ1) is 13.1. The molecule has 1 aromatic carbocycles. The second-order valence-electron chi connectivity index (χ2n) is 6.37. The van der Waals surface area contributed by atoms with Crippen molar-refractivity contribution >= 4 is 23.2 Å². The number of Topliss-reactive ketones (excluding diaryl/α,β-unsaturated/α-hetero) is 1. The summed E-state index contributed by atoms with van der Waals surface area (Å²) in [6.07, 6.45) is -3.51. The summed E-state index contributed by atoms with van der Waals surface area (Å²) < 4.78 is 44.2. The van der Waals surface area contributed by atoms with E-state index in [0.717, 1.165) is 24.3 Å². The normalized spacial score (nSPS) is 14.3. The Morgan fingerprint density at radius 3 is 2.61 bits per heavy atom. The van der Waals surface area contributed by atoms with Crippen LogP contribution in [0.15, 0.2) is 34.4 Å². The van der Waals surface area contributed by atoms with Crippen LogP contribution < -0.4 is 5.32 Å². The summed E-state index contributed by atoms with van der Waals surface area (Å²) in [4.78, 5) is 30.7. The number of benzene rings is 1. The van der Waals surface area contributed by atoms with Crippen molar-refractivity contribution in [2.75, 3.05) is 27.2 Å². The third kappa shape index (κ3) is 3.95. The Labute approximate surface area is 163 Å². The number of hydrogen-bond donors (Lipinski definition) is 1. The minimum Gasteiger partial charge on any atom is -0.432 e. The molecule has 10 heteroatoms. The maximum Gasteiger partial charge on any atom is 0.416 e. The van der Waals surface area contributed by atoms with Gasteiger partial charge in [0.1, 0.15) is 0 Å². The van der Waals surface area contributed by atoms with E-state index in [4.69, 9.17) is 16.0 Å². The van der Waals surface area contributed by atoms with Gasteiger partial charge in [0.25, 0.3) is 0 Å². The highest BCUT2D eigenvalue weighted by Gasteiger charge is 2.34. The quantitative estimate of drug-likeness (QED) is 0.809. The summed E-state index contributed by atoms with van der Waals surface area (Å²) in [5.41, 5.74) is -1.32. The molecular formula is C18H15ClF3N3O3. The highest BCUT2D eigenvalue weighted by atomic mass is 35.5. The minimum atomic E-state index is -4.59.